The van der Waals surface area contributed by atoms with Crippen molar-refractivity contribution in [3.05, 3.63) is 58.6 Å². The maximum Gasteiger partial charge on any atom is 0.234 e. The smallest absolute Gasteiger partial charge is 0.234 e. The van der Waals surface area contributed by atoms with Crippen molar-refractivity contribution >= 4 is 46.6 Å². The summed E-state index contributed by atoms with van der Waals surface area (Å²) in [5.41, 5.74) is 3.60. The summed E-state index contributed by atoms with van der Waals surface area (Å²) in [6.07, 6.45) is 1.16. The van der Waals surface area contributed by atoms with Crippen molar-refractivity contribution in [2.24, 2.45) is 0 Å². The average molecular weight is 391 g/mol. The van der Waals surface area contributed by atoms with Crippen LogP contribution in [0.25, 0.3) is 0 Å². The predicted octanol–water partition coefficient (Wildman–Crippen LogP) is 5.05. The van der Waals surface area contributed by atoms with Crippen LogP contribution >= 0.6 is 23.4 Å². The minimum Gasteiger partial charge on any atom is -0.326 e. The Kier molecular flexibility index (Phi) is 8.01. The summed E-state index contributed by atoms with van der Waals surface area (Å²) >= 11 is 7.61. The Morgan fingerprint density at radius 1 is 1.00 bits per heavy atom. The van der Waals surface area contributed by atoms with Gasteiger partial charge in [-0.25, -0.2) is 0 Å². The number of rotatable bonds is 8. The molecule has 0 fully saturated rings. The number of benzene rings is 2. The Morgan fingerprint density at radius 2 is 1.77 bits per heavy atom. The van der Waals surface area contributed by atoms with Gasteiger partial charge in [-0.2, -0.15) is 11.8 Å². The van der Waals surface area contributed by atoms with Crippen LogP contribution in [0.5, 0.6) is 0 Å². The van der Waals surface area contributed by atoms with Crippen LogP contribution in [0.2, 0.25) is 5.02 Å². The second-order valence-corrected chi connectivity index (χ2v) is 7.62. The van der Waals surface area contributed by atoms with Gasteiger partial charge in [0, 0.05) is 12.1 Å². The number of thioether (sulfide) groups is 1. The molecule has 0 aliphatic heterocycles. The first-order valence-corrected chi connectivity index (χ1v) is 9.97. The normalized spacial score (nSPS) is 10.4. The summed E-state index contributed by atoms with van der Waals surface area (Å²) in [5.74, 6) is 0.983. The molecule has 2 N–H and O–H groups in total. The summed E-state index contributed by atoms with van der Waals surface area (Å²) in [6.45, 7) is 3.93. The third-order valence-corrected chi connectivity index (χ3v) is 4.98. The molecule has 0 aliphatic rings. The summed E-state index contributed by atoms with van der Waals surface area (Å²) in [4.78, 5) is 23.9. The third kappa shape index (κ3) is 7.10. The lowest BCUT2D eigenvalue weighted by molar-refractivity contribution is -0.116. The van der Waals surface area contributed by atoms with E-state index in [1.54, 1.807) is 6.07 Å². The molecule has 2 aromatic rings. The van der Waals surface area contributed by atoms with Crippen LogP contribution in [0.4, 0.5) is 11.4 Å². The van der Waals surface area contributed by atoms with E-state index < -0.39 is 0 Å². The number of hydrogen-bond acceptors (Lipinski definition) is 3. The molecule has 2 aromatic carbocycles. The van der Waals surface area contributed by atoms with Crippen molar-refractivity contribution in [1.82, 2.24) is 0 Å². The molecule has 0 bridgehead atoms. The van der Waals surface area contributed by atoms with Gasteiger partial charge in [0.1, 0.15) is 0 Å². The number of carbonyl (C=O) groups excluding carboxylic acids is 2. The topological polar surface area (TPSA) is 58.2 Å². The van der Waals surface area contributed by atoms with E-state index in [4.69, 9.17) is 11.6 Å². The molecular weight excluding hydrogens is 368 g/mol. The Labute approximate surface area is 163 Å². The highest BCUT2D eigenvalue weighted by atomic mass is 35.5. The molecule has 0 aromatic heterocycles. The molecule has 0 aliphatic carbocycles. The van der Waals surface area contributed by atoms with Crippen LogP contribution < -0.4 is 10.6 Å². The van der Waals surface area contributed by atoms with Crippen LogP contribution in [0.3, 0.4) is 0 Å². The standard InChI is InChI=1S/C20H23ClN2O2S/c1-14-5-3-6-16(11-14)22-19(24)7-4-10-26-13-20(25)23-18-9-8-15(2)12-17(18)21/h3,5-6,8-9,11-12H,4,7,10,13H2,1-2H3,(H,22,24)(H,23,25). The van der Waals surface area contributed by atoms with Gasteiger partial charge in [-0.15, -0.1) is 0 Å². The van der Waals surface area contributed by atoms with Crippen molar-refractivity contribution in [2.75, 3.05) is 22.1 Å². The zero-order valence-corrected chi connectivity index (χ0v) is 16.5. The maximum absolute atomic E-state index is 11.9. The first-order chi connectivity index (χ1) is 12.4. The van der Waals surface area contributed by atoms with Crippen molar-refractivity contribution in [3.63, 3.8) is 0 Å². The molecule has 0 unspecified atom stereocenters. The molecule has 0 saturated carbocycles. The predicted molar refractivity (Wildman–Crippen MR) is 111 cm³/mol. The number of anilines is 2. The monoisotopic (exact) mass is 390 g/mol. The van der Waals surface area contributed by atoms with Crippen LogP contribution in [0, 0.1) is 13.8 Å². The molecule has 2 amide bonds. The van der Waals surface area contributed by atoms with Gasteiger partial charge in [0.05, 0.1) is 16.5 Å². The lowest BCUT2D eigenvalue weighted by atomic mass is 10.2. The Balaban J connectivity index is 1.62. The number of halogens is 1. The average Bonchev–Trinajstić information content (AvgIpc) is 2.57. The van der Waals surface area contributed by atoms with E-state index in [0.717, 1.165) is 29.0 Å². The van der Waals surface area contributed by atoms with Crippen molar-refractivity contribution < 1.29 is 9.59 Å². The molecule has 0 radical (unpaired) electrons. The molecule has 138 valence electrons. The van der Waals surface area contributed by atoms with Gasteiger partial charge in [0.25, 0.3) is 0 Å². The van der Waals surface area contributed by atoms with E-state index in [9.17, 15) is 9.59 Å². The van der Waals surface area contributed by atoms with E-state index >= 15 is 0 Å². The van der Waals surface area contributed by atoms with Gasteiger partial charge in [-0.05, 0) is 61.4 Å². The van der Waals surface area contributed by atoms with Gasteiger partial charge in [-0.1, -0.05) is 29.8 Å². The number of aryl methyl sites for hydroxylation is 2. The Bertz CT molecular complexity index is 780. The Morgan fingerprint density at radius 3 is 2.50 bits per heavy atom. The number of carbonyl (C=O) groups is 2. The second-order valence-electron chi connectivity index (χ2n) is 6.11. The maximum atomic E-state index is 11.9. The minimum absolute atomic E-state index is 0.00733. The third-order valence-electron chi connectivity index (χ3n) is 3.63. The van der Waals surface area contributed by atoms with Crippen LogP contribution in [-0.2, 0) is 9.59 Å². The fraction of sp³-hybridized carbons (Fsp3) is 0.300. The SMILES string of the molecule is Cc1cccc(NC(=O)CCCSCC(=O)Nc2ccc(C)cc2Cl)c1. The van der Waals surface area contributed by atoms with Gasteiger partial charge in [0.2, 0.25) is 11.8 Å². The molecule has 6 heteroatoms. The van der Waals surface area contributed by atoms with Crippen molar-refractivity contribution in [1.29, 1.82) is 0 Å². The van der Waals surface area contributed by atoms with Crippen molar-refractivity contribution in [2.45, 2.75) is 26.7 Å². The molecular formula is C20H23ClN2O2S. The van der Waals surface area contributed by atoms with Gasteiger partial charge in [0.15, 0.2) is 0 Å². The van der Waals surface area contributed by atoms with Crippen molar-refractivity contribution in [3.8, 4) is 0 Å². The van der Waals surface area contributed by atoms with Gasteiger partial charge < -0.3 is 10.6 Å². The van der Waals surface area contributed by atoms with Crippen LogP contribution in [-0.4, -0.2) is 23.3 Å². The highest BCUT2D eigenvalue weighted by Gasteiger charge is 2.07. The summed E-state index contributed by atoms with van der Waals surface area (Å²) in [7, 11) is 0. The highest BCUT2D eigenvalue weighted by molar-refractivity contribution is 7.99. The first-order valence-electron chi connectivity index (χ1n) is 8.44. The molecule has 0 heterocycles. The number of nitrogens with one attached hydrogen (secondary N) is 2. The van der Waals surface area contributed by atoms with E-state index in [2.05, 4.69) is 10.6 Å². The van der Waals surface area contributed by atoms with E-state index in [1.807, 2.05) is 50.2 Å². The van der Waals surface area contributed by atoms with E-state index in [1.165, 1.54) is 11.8 Å². The summed E-state index contributed by atoms with van der Waals surface area (Å²) < 4.78 is 0. The summed E-state index contributed by atoms with van der Waals surface area (Å²) in [5, 5.41) is 6.23. The highest BCUT2D eigenvalue weighted by Crippen LogP contribution is 2.23. The zero-order chi connectivity index (χ0) is 18.9. The summed E-state index contributed by atoms with van der Waals surface area (Å²) in [6, 6.07) is 13.2. The first kappa shape index (κ1) is 20.3. The molecule has 0 saturated heterocycles. The Hall–Kier alpha value is -1.98. The lowest BCUT2D eigenvalue weighted by Gasteiger charge is -2.08. The molecule has 2 rings (SSSR count). The van der Waals surface area contributed by atoms with Crippen LogP contribution in [0.1, 0.15) is 24.0 Å². The number of amides is 2. The molecule has 4 nitrogen and oxygen atoms in total. The van der Waals surface area contributed by atoms with Crippen LogP contribution in [0.15, 0.2) is 42.5 Å². The van der Waals surface area contributed by atoms with E-state index in [0.29, 0.717) is 22.9 Å². The lowest BCUT2D eigenvalue weighted by Crippen LogP contribution is -2.15. The minimum atomic E-state index is -0.0926. The fourth-order valence-electron chi connectivity index (χ4n) is 2.35. The van der Waals surface area contributed by atoms with E-state index in [-0.39, 0.29) is 11.8 Å². The fourth-order valence-corrected chi connectivity index (χ4v) is 3.39. The molecule has 0 spiro atoms. The largest absolute Gasteiger partial charge is 0.326 e. The number of hydrogen-bond donors (Lipinski definition) is 2. The van der Waals surface area contributed by atoms with Gasteiger partial charge in [-0.3, -0.25) is 9.59 Å². The second kappa shape index (κ2) is 10.2. The zero-order valence-electron chi connectivity index (χ0n) is 15.0. The molecule has 0 atom stereocenters. The van der Waals surface area contributed by atoms with Gasteiger partial charge >= 0.3 is 0 Å². The molecule has 26 heavy (non-hydrogen) atoms. The quantitative estimate of drug-likeness (QED) is 0.620.